The zero-order valence-electron chi connectivity index (χ0n) is 83.1. The molecule has 2 aliphatic carbocycles. The van der Waals surface area contributed by atoms with Gasteiger partial charge in [0.05, 0.1) is 88.6 Å². The average Bonchev–Trinajstić information content (AvgIpc) is 1.60. The van der Waals surface area contributed by atoms with Gasteiger partial charge in [-0.1, -0.05) is 63.1 Å². The molecule has 4 fully saturated rings. The van der Waals surface area contributed by atoms with Crippen LogP contribution in [0.1, 0.15) is 122 Å². The second-order valence-corrected chi connectivity index (χ2v) is 52.3. The van der Waals surface area contributed by atoms with Crippen LogP contribution in [-0.4, -0.2) is 241 Å². The van der Waals surface area contributed by atoms with Crippen LogP contribution >= 0.6 is 28.8 Å². The Morgan fingerprint density at radius 3 is 1.94 bits per heavy atom. The highest BCUT2D eigenvalue weighted by atomic mass is 31.2. The van der Waals surface area contributed by atoms with Crippen molar-refractivity contribution in [2.24, 2.45) is 13.0 Å². The highest BCUT2D eigenvalue weighted by molar-refractivity contribution is 7.70. The maximum absolute atomic E-state index is 13.1. The van der Waals surface area contributed by atoms with E-state index in [0.717, 1.165) is 209 Å². The van der Waals surface area contributed by atoms with Gasteiger partial charge in [0, 0.05) is 187 Å². The second kappa shape index (κ2) is 42.1. The van der Waals surface area contributed by atoms with Gasteiger partial charge < -0.3 is 78.7 Å². The van der Waals surface area contributed by atoms with Crippen molar-refractivity contribution >= 4 is 143 Å². The number of aryl methyl sites for hydroxylation is 3. The number of carbonyl (C=O) groups is 3. The standard InChI is InChI=1S/C31H36N7O2P.C29H35N6O3P.C23H31N4O3P.C21H30N5OP/c1-20-17-23(37-14-13-28(39)36(3)15-16-37)10-12-27(20)33-31-32-19-22-9-11-26-21(2)35-38(30(26)29(22)34-31)24-7-6-8-25(18-24)41(4,5)40;1-32-16-14-22(15-17-32)33(2)28(36)20-6-8-21(9-7-20)31-27-18-26-25(19-30-27)29(37)34(3)35(26)23-10-12-24(13-11-23)39(4,5)38;1-16(2)9-11-27-15-23(28)26(3)20-14-24-22(13-19(20)27)25-18-7-5-17(6-8-18)21-10-12-31(4,29)30-21;1-25-11-12-26(18-9-4-5-10-18)20-19(25)14-22-21(24-20)23-17-8-6-7-16(13-17)15-28(2,3)27/h6-8,10,12,17-19H,9,11,13-16H2,1-5H3,(H,32,33,34);6-13,18-19,22H,14-17H2,1-5H3,(H,30,31);5-8,13-14,16,21H,9-12,15H2,1-4H3,(H,24,25);6-8,13-14,18H,4-5,9-12,15H2,1-3H3,(H,22,23,24). The zero-order valence-corrected chi connectivity index (χ0v) is 86.7. The van der Waals surface area contributed by atoms with Gasteiger partial charge in [-0.25, -0.2) is 34.3 Å². The number of likely N-dealkylation sites (tertiary alicyclic amines) is 1. The minimum atomic E-state index is -2.43. The van der Waals surface area contributed by atoms with E-state index in [1.807, 2.05) is 194 Å². The van der Waals surface area contributed by atoms with Crippen LogP contribution in [0.5, 0.6) is 0 Å². The molecule has 3 saturated heterocycles. The first kappa shape index (κ1) is 99.9. The van der Waals surface area contributed by atoms with E-state index in [-0.39, 0.29) is 35.4 Å². The lowest BCUT2D eigenvalue weighted by molar-refractivity contribution is -0.129. The average molecular weight is 1960 g/mol. The molecule has 732 valence electrons. The molecule has 35 heteroatoms. The molecule has 6 aromatic carbocycles. The number of fused-ring (bicyclic) bond motifs is 6. The summed E-state index contributed by atoms with van der Waals surface area (Å²) < 4.78 is 60.5. The molecular weight excluding hydrogens is 1830 g/mol. The molecular formula is C104H132N22O9P4. The van der Waals surface area contributed by atoms with Crippen molar-refractivity contribution in [2.75, 3.05) is 193 Å². The van der Waals surface area contributed by atoms with Gasteiger partial charge in [-0.3, -0.25) is 28.4 Å². The highest BCUT2D eigenvalue weighted by Gasteiger charge is 2.36. The third-order valence-electron chi connectivity index (χ3n) is 27.3. The van der Waals surface area contributed by atoms with E-state index in [1.165, 1.54) is 31.2 Å². The van der Waals surface area contributed by atoms with Gasteiger partial charge in [-0.05, 0) is 257 Å². The Morgan fingerprint density at radius 2 is 1.26 bits per heavy atom. The van der Waals surface area contributed by atoms with Crippen LogP contribution in [0.2, 0.25) is 0 Å². The number of likely N-dealkylation sites (N-methyl/N-ethyl adjacent to an activating group) is 3. The molecule has 11 heterocycles. The number of hydrogen-bond acceptors (Lipinski definition) is 25. The number of pyridine rings is 2. The number of anilines is 13. The van der Waals surface area contributed by atoms with Crippen LogP contribution in [0, 0.1) is 19.8 Å². The maximum atomic E-state index is 13.1. The summed E-state index contributed by atoms with van der Waals surface area (Å²) in [5.41, 5.74) is 18.8. The first-order valence-corrected chi connectivity index (χ1v) is 58.4. The molecule has 5 aliphatic heterocycles. The lowest BCUT2D eigenvalue weighted by Crippen LogP contribution is -2.44. The quantitative estimate of drug-likeness (QED) is 0.0458. The summed E-state index contributed by atoms with van der Waals surface area (Å²) in [6, 6.07) is 49.8. The summed E-state index contributed by atoms with van der Waals surface area (Å²) >= 11 is 0. The molecule has 2 unspecified atom stereocenters. The van der Waals surface area contributed by atoms with Crippen LogP contribution < -0.4 is 61.9 Å². The van der Waals surface area contributed by atoms with Crippen molar-refractivity contribution in [3.05, 3.63) is 226 Å². The van der Waals surface area contributed by atoms with Crippen molar-refractivity contribution < 1.29 is 37.2 Å². The highest BCUT2D eigenvalue weighted by Crippen LogP contribution is 2.56. The number of nitrogens with zero attached hydrogens (tertiary/aromatic N) is 18. The molecule has 6 aromatic heterocycles. The van der Waals surface area contributed by atoms with Crippen LogP contribution in [-0.2, 0) is 58.4 Å². The third-order valence-corrected chi connectivity index (χ3v) is 33.3. The van der Waals surface area contributed by atoms with Crippen molar-refractivity contribution in [1.29, 1.82) is 0 Å². The maximum Gasteiger partial charge on any atom is 0.276 e. The SMILES string of the molecule is CC(C)CCN1CC(=O)N(C)c2cnc(Nc3ccc(C4CCP(C)(=O)O4)cc3)cc21.CN1CCC(N(C)C(=O)c2ccc(Nc3cc4c(cn3)c(=O)n(C)n4-c3ccc(P(C)(C)=O)cc3)cc2)CC1.CN1CCN(C2CCCC2)c2nc(Nc3cccc(CP(C)(C)=O)c3)ncc21.Cc1cc(N2CCC(=O)N(C)CC2)ccc1Nc1ncc2c(n1)-c1c(c(C)nn1-c1cccc(P(C)(C)=O)c1)CC2. The number of piperidine rings is 1. The van der Waals surface area contributed by atoms with Crippen LogP contribution in [0.25, 0.3) is 33.7 Å². The number of rotatable bonds is 22. The Kier molecular flexibility index (Phi) is 30.3. The molecule has 3 amide bonds. The number of carbonyl (C=O) groups excluding carboxylic acids is 3. The number of hydrogen-bond donors (Lipinski definition) is 4. The third kappa shape index (κ3) is 23.8. The Bertz CT molecular complexity index is 6800. The second-order valence-electron chi connectivity index (χ2n) is 39.7. The van der Waals surface area contributed by atoms with Gasteiger partial charge in [0.15, 0.2) is 5.82 Å². The fourth-order valence-electron chi connectivity index (χ4n) is 19.1. The number of benzene rings is 6. The predicted molar refractivity (Wildman–Crippen MR) is 566 cm³/mol. The predicted octanol–water partition coefficient (Wildman–Crippen LogP) is 18.2. The van der Waals surface area contributed by atoms with Crippen molar-refractivity contribution in [1.82, 2.24) is 63.7 Å². The van der Waals surface area contributed by atoms with Gasteiger partial charge >= 0.3 is 0 Å². The molecule has 4 N–H and O–H groups in total. The zero-order chi connectivity index (χ0) is 98.7. The Balaban J connectivity index is 0.000000135. The van der Waals surface area contributed by atoms with Crippen molar-refractivity contribution in [3.63, 3.8) is 0 Å². The summed E-state index contributed by atoms with van der Waals surface area (Å²) in [5.74, 6) is 4.37. The normalized spacial score (nSPS) is 17.5. The fourth-order valence-corrected chi connectivity index (χ4v) is 23.5. The van der Waals surface area contributed by atoms with Gasteiger partial charge in [0.1, 0.15) is 25.9 Å². The van der Waals surface area contributed by atoms with E-state index >= 15 is 0 Å². The number of aromatic nitrogens is 10. The first-order valence-electron chi connectivity index (χ1n) is 48.1. The molecule has 19 rings (SSSR count). The van der Waals surface area contributed by atoms with E-state index < -0.39 is 28.8 Å². The van der Waals surface area contributed by atoms with Crippen LogP contribution in [0.4, 0.5) is 74.8 Å². The molecule has 7 aliphatic rings. The smallest absolute Gasteiger partial charge is 0.276 e. The van der Waals surface area contributed by atoms with E-state index in [4.69, 9.17) is 19.6 Å². The minimum Gasteiger partial charge on any atom is -0.369 e. The topological polar surface area (TPSA) is 325 Å². The first-order chi connectivity index (χ1) is 66.2. The van der Waals surface area contributed by atoms with E-state index in [2.05, 4.69) is 119 Å². The van der Waals surface area contributed by atoms with E-state index in [9.17, 15) is 37.4 Å². The Morgan fingerprint density at radius 1 is 0.597 bits per heavy atom. The largest absolute Gasteiger partial charge is 0.369 e. The summed E-state index contributed by atoms with van der Waals surface area (Å²) in [6.07, 6.45) is 19.5. The van der Waals surface area contributed by atoms with Crippen LogP contribution in [0.15, 0.2) is 181 Å². The summed E-state index contributed by atoms with van der Waals surface area (Å²) in [6.45, 7) is 28.4. The molecule has 12 aromatic rings. The van der Waals surface area contributed by atoms with Gasteiger partial charge in [0.25, 0.3) is 11.5 Å². The molecule has 2 atom stereocenters. The number of amides is 3. The summed E-state index contributed by atoms with van der Waals surface area (Å²) in [4.78, 5) is 95.3. The molecule has 1 saturated carbocycles. The minimum absolute atomic E-state index is 0.0254. The van der Waals surface area contributed by atoms with Crippen molar-refractivity contribution in [3.8, 4) is 22.8 Å². The molecule has 0 bridgehead atoms. The molecule has 0 radical (unpaired) electrons. The molecule has 139 heavy (non-hydrogen) atoms. The van der Waals surface area contributed by atoms with Gasteiger partial charge in [-0.15, -0.1) is 0 Å². The monoisotopic (exact) mass is 1960 g/mol. The van der Waals surface area contributed by atoms with E-state index in [1.54, 1.807) is 74.3 Å². The molecule has 0 spiro atoms. The molecule has 31 nitrogen and oxygen atoms in total. The Labute approximate surface area is 815 Å². The van der Waals surface area contributed by atoms with E-state index in [0.29, 0.717) is 71.4 Å². The number of nitrogens with one attached hydrogen (secondary N) is 4. The Hall–Kier alpha value is -12.1. The van der Waals surface area contributed by atoms with Gasteiger partial charge in [0.2, 0.25) is 31.1 Å². The lowest BCUT2D eigenvalue weighted by atomic mass is 9.93. The van der Waals surface area contributed by atoms with Gasteiger partial charge in [-0.2, -0.15) is 10.1 Å². The summed E-state index contributed by atoms with van der Waals surface area (Å²) in [7, 11) is 2.16. The summed E-state index contributed by atoms with van der Waals surface area (Å²) in [5, 5.41) is 20.5. The van der Waals surface area contributed by atoms with Crippen molar-refractivity contribution in [2.45, 2.75) is 123 Å². The van der Waals surface area contributed by atoms with Crippen LogP contribution in [0.3, 0.4) is 0 Å². The fraction of sp³-hybridized carbons (Fsp3) is 0.413. The lowest BCUT2D eigenvalue weighted by Gasteiger charge is -2.39.